The quantitative estimate of drug-likeness (QED) is 0.600. The maximum atomic E-state index is 11.2. The molecule has 1 aliphatic heterocycles. The van der Waals surface area contributed by atoms with E-state index in [4.69, 9.17) is 9.84 Å². The van der Waals surface area contributed by atoms with E-state index in [1.165, 1.54) is 0 Å². The molecule has 0 radical (unpaired) electrons. The Morgan fingerprint density at radius 2 is 1.94 bits per heavy atom. The number of ether oxygens (including phenoxy) is 1. The summed E-state index contributed by atoms with van der Waals surface area (Å²) in [4.78, 5) is 0. The molecular weight excluding hydrogens is 230 g/mol. The molecule has 0 spiro atoms. The van der Waals surface area contributed by atoms with Crippen molar-refractivity contribution in [3.8, 4) is 0 Å². The van der Waals surface area contributed by atoms with E-state index in [0.29, 0.717) is 30.8 Å². The Morgan fingerprint density at radius 3 is 2.56 bits per heavy atom. The van der Waals surface area contributed by atoms with Gasteiger partial charge < -0.3 is 15.2 Å². The largest absolute Gasteiger partial charge is 0.394 e. The molecule has 96 valence electrons. The molecule has 0 bridgehead atoms. The molecule has 0 atom stereocenters. The molecule has 16 heavy (non-hydrogen) atoms. The first-order valence-corrected chi connectivity index (χ1v) is 7.58. The molecule has 1 aliphatic rings. The molecular formula is C10H21NO4S. The van der Waals surface area contributed by atoms with E-state index in [0.717, 1.165) is 25.8 Å². The minimum absolute atomic E-state index is 0.0634. The van der Waals surface area contributed by atoms with E-state index in [1.807, 2.05) is 0 Å². The smallest absolute Gasteiger partial charge is 0.150 e. The van der Waals surface area contributed by atoms with Crippen molar-refractivity contribution < 1.29 is 18.3 Å². The normalized spacial score (nSPS) is 21.1. The minimum Gasteiger partial charge on any atom is -0.394 e. The zero-order valence-corrected chi connectivity index (χ0v) is 10.3. The van der Waals surface area contributed by atoms with Crippen molar-refractivity contribution in [3.63, 3.8) is 0 Å². The first-order valence-electron chi connectivity index (χ1n) is 5.76. The Kier molecular flexibility index (Phi) is 6.26. The second kappa shape index (κ2) is 7.21. The molecule has 0 aromatic carbocycles. The van der Waals surface area contributed by atoms with Crippen LogP contribution in [-0.4, -0.2) is 57.4 Å². The number of aliphatic hydroxyl groups is 1. The average Bonchev–Trinajstić information content (AvgIpc) is 2.25. The van der Waals surface area contributed by atoms with E-state index in [1.54, 1.807) is 0 Å². The number of sulfone groups is 1. The maximum absolute atomic E-state index is 11.2. The highest BCUT2D eigenvalue weighted by Crippen LogP contribution is 2.11. The monoisotopic (exact) mass is 251 g/mol. The summed E-state index contributed by atoms with van der Waals surface area (Å²) >= 11 is 0. The molecule has 0 aliphatic carbocycles. The summed E-state index contributed by atoms with van der Waals surface area (Å²) in [5.41, 5.74) is 0. The average molecular weight is 251 g/mol. The second-order valence-electron chi connectivity index (χ2n) is 4.07. The van der Waals surface area contributed by atoms with Crippen LogP contribution in [0.3, 0.4) is 0 Å². The molecule has 1 saturated heterocycles. The van der Waals surface area contributed by atoms with Crippen LogP contribution in [0.25, 0.3) is 0 Å². The third-order valence-electron chi connectivity index (χ3n) is 2.69. The van der Waals surface area contributed by atoms with E-state index in [-0.39, 0.29) is 6.61 Å². The van der Waals surface area contributed by atoms with Gasteiger partial charge in [-0.2, -0.15) is 0 Å². The first kappa shape index (κ1) is 13.9. The van der Waals surface area contributed by atoms with Crippen molar-refractivity contribution in [1.82, 2.24) is 5.32 Å². The zero-order valence-electron chi connectivity index (χ0n) is 9.52. The standard InChI is InChI=1S/C10H21NO4S/c12-5-7-15-6-1-4-11-10-2-8-16(13,14)9-3-10/h10-12H,1-9H2. The van der Waals surface area contributed by atoms with Crippen LogP contribution in [0, 0.1) is 0 Å². The molecule has 0 aromatic rings. The van der Waals surface area contributed by atoms with Gasteiger partial charge in [0.1, 0.15) is 9.84 Å². The fourth-order valence-electron chi connectivity index (χ4n) is 1.74. The van der Waals surface area contributed by atoms with Crippen LogP contribution in [0.5, 0.6) is 0 Å². The molecule has 1 rings (SSSR count). The van der Waals surface area contributed by atoms with Gasteiger partial charge in [-0.3, -0.25) is 0 Å². The summed E-state index contributed by atoms with van der Waals surface area (Å²) in [7, 11) is -2.75. The molecule has 5 nitrogen and oxygen atoms in total. The van der Waals surface area contributed by atoms with Crippen LogP contribution in [0.4, 0.5) is 0 Å². The predicted octanol–water partition coefficient (Wildman–Crippen LogP) is -0.448. The number of nitrogens with one attached hydrogen (secondary N) is 1. The van der Waals surface area contributed by atoms with Gasteiger partial charge in [0.05, 0.1) is 24.7 Å². The van der Waals surface area contributed by atoms with Gasteiger partial charge in [-0.05, 0) is 25.8 Å². The van der Waals surface area contributed by atoms with Crippen LogP contribution >= 0.6 is 0 Å². The van der Waals surface area contributed by atoms with E-state index in [2.05, 4.69) is 5.32 Å². The molecule has 0 unspecified atom stereocenters. The number of hydrogen-bond donors (Lipinski definition) is 2. The molecule has 1 heterocycles. The van der Waals surface area contributed by atoms with Gasteiger partial charge in [-0.15, -0.1) is 0 Å². The third kappa shape index (κ3) is 5.79. The van der Waals surface area contributed by atoms with Gasteiger partial charge in [0.25, 0.3) is 0 Å². The van der Waals surface area contributed by atoms with E-state index in [9.17, 15) is 8.42 Å². The predicted molar refractivity (Wildman–Crippen MR) is 62.2 cm³/mol. The summed E-state index contributed by atoms with van der Waals surface area (Å²) < 4.78 is 27.5. The van der Waals surface area contributed by atoms with E-state index < -0.39 is 9.84 Å². The Morgan fingerprint density at radius 1 is 1.25 bits per heavy atom. The van der Waals surface area contributed by atoms with Crippen molar-refractivity contribution in [2.45, 2.75) is 25.3 Å². The van der Waals surface area contributed by atoms with Crippen LogP contribution in [0.15, 0.2) is 0 Å². The Hall–Kier alpha value is -0.170. The lowest BCUT2D eigenvalue weighted by Gasteiger charge is -2.23. The van der Waals surface area contributed by atoms with Crippen molar-refractivity contribution in [2.24, 2.45) is 0 Å². The Bertz CT molecular complexity index is 265. The van der Waals surface area contributed by atoms with Gasteiger partial charge in [-0.1, -0.05) is 0 Å². The van der Waals surface area contributed by atoms with Gasteiger partial charge >= 0.3 is 0 Å². The third-order valence-corrected chi connectivity index (χ3v) is 4.40. The van der Waals surface area contributed by atoms with Gasteiger partial charge in [0.2, 0.25) is 0 Å². The molecule has 6 heteroatoms. The highest BCUT2D eigenvalue weighted by molar-refractivity contribution is 7.91. The van der Waals surface area contributed by atoms with Crippen molar-refractivity contribution in [1.29, 1.82) is 0 Å². The topological polar surface area (TPSA) is 75.6 Å². The Balaban J connectivity index is 1.98. The van der Waals surface area contributed by atoms with Crippen LogP contribution in [0.2, 0.25) is 0 Å². The fraction of sp³-hybridized carbons (Fsp3) is 1.00. The van der Waals surface area contributed by atoms with E-state index >= 15 is 0 Å². The Labute approximate surface area is 97.1 Å². The van der Waals surface area contributed by atoms with Gasteiger partial charge in [0.15, 0.2) is 0 Å². The molecule has 0 amide bonds. The number of aliphatic hydroxyl groups excluding tert-OH is 1. The van der Waals surface area contributed by atoms with Crippen LogP contribution in [-0.2, 0) is 14.6 Å². The molecule has 1 fully saturated rings. The summed E-state index contributed by atoms with van der Waals surface area (Å²) in [5, 5.41) is 11.8. The number of hydrogen-bond acceptors (Lipinski definition) is 5. The van der Waals surface area contributed by atoms with Crippen LogP contribution < -0.4 is 5.32 Å². The zero-order chi connectivity index (χ0) is 11.9. The summed E-state index contributed by atoms with van der Waals surface area (Å²) in [6, 6.07) is 0.335. The number of rotatable bonds is 7. The van der Waals surface area contributed by atoms with Gasteiger partial charge in [-0.25, -0.2) is 8.42 Å². The van der Waals surface area contributed by atoms with Gasteiger partial charge in [0, 0.05) is 12.6 Å². The molecule has 0 saturated carbocycles. The maximum Gasteiger partial charge on any atom is 0.150 e. The molecule has 0 aromatic heterocycles. The second-order valence-corrected chi connectivity index (χ2v) is 6.37. The highest BCUT2D eigenvalue weighted by Gasteiger charge is 2.22. The summed E-state index contributed by atoms with van der Waals surface area (Å²) in [5.74, 6) is 0.622. The SMILES string of the molecule is O=S1(=O)CCC(NCCCOCCO)CC1. The minimum atomic E-state index is -2.75. The van der Waals surface area contributed by atoms with Crippen molar-refractivity contribution in [3.05, 3.63) is 0 Å². The molecule has 2 N–H and O–H groups in total. The lowest BCUT2D eigenvalue weighted by Crippen LogP contribution is -2.38. The summed E-state index contributed by atoms with van der Waals surface area (Å²) in [6.45, 7) is 1.93. The van der Waals surface area contributed by atoms with Crippen molar-refractivity contribution in [2.75, 3.05) is 37.9 Å². The first-order chi connectivity index (χ1) is 7.64. The van der Waals surface area contributed by atoms with Crippen molar-refractivity contribution >= 4 is 9.84 Å². The van der Waals surface area contributed by atoms with Crippen LogP contribution in [0.1, 0.15) is 19.3 Å². The highest BCUT2D eigenvalue weighted by atomic mass is 32.2. The lowest BCUT2D eigenvalue weighted by molar-refractivity contribution is 0.0903. The lowest BCUT2D eigenvalue weighted by atomic mass is 10.1. The summed E-state index contributed by atoms with van der Waals surface area (Å²) in [6.07, 6.45) is 2.34. The fourth-order valence-corrected chi connectivity index (χ4v) is 3.23.